The van der Waals surface area contributed by atoms with Crippen LogP contribution in [-0.2, 0) is 9.47 Å². The highest BCUT2D eigenvalue weighted by atomic mass is 32.2. The molecule has 2 aliphatic rings. The maximum absolute atomic E-state index is 12.3. The van der Waals surface area contributed by atoms with Gasteiger partial charge in [0.1, 0.15) is 24.6 Å². The number of fused-ring (bicyclic) bond motifs is 1. The molecular formula is C16H20F3N5O4S. The lowest BCUT2D eigenvalue weighted by Gasteiger charge is -2.23. The number of nitrogens with one attached hydrogen (secondary N) is 1. The molecule has 4 atom stereocenters. The fourth-order valence-corrected chi connectivity index (χ4v) is 4.56. The van der Waals surface area contributed by atoms with Crippen molar-refractivity contribution in [1.82, 2.24) is 19.5 Å². The third kappa shape index (κ3) is 4.43. The zero-order chi connectivity index (χ0) is 20.6. The molecule has 2 fully saturated rings. The standard InChI is InChI=1S/C16H20F3N5O4S/c17-16(18,19)27-5-9-11(25)12(26)15(28-9)24-7-22-10-13(20-6-21-14(10)24)23-8-1-3-29-4-2-8/h6-9,11-12,15,25-26H,1-5H2,(H,20,21,23). The number of hydrogen-bond donors (Lipinski definition) is 3. The molecule has 0 amide bonds. The van der Waals surface area contributed by atoms with Crippen molar-refractivity contribution >= 4 is 28.7 Å². The summed E-state index contributed by atoms with van der Waals surface area (Å²) in [5, 5.41) is 23.7. The molecule has 2 aromatic heterocycles. The van der Waals surface area contributed by atoms with Gasteiger partial charge in [0.05, 0.1) is 12.9 Å². The summed E-state index contributed by atoms with van der Waals surface area (Å²) in [5.41, 5.74) is 0.785. The molecule has 2 aromatic rings. The molecule has 160 valence electrons. The Morgan fingerprint density at radius 2 is 1.97 bits per heavy atom. The van der Waals surface area contributed by atoms with Crippen LogP contribution in [0.1, 0.15) is 19.1 Å². The van der Waals surface area contributed by atoms with E-state index in [0.717, 1.165) is 24.3 Å². The Kier molecular flexibility index (Phi) is 5.84. The van der Waals surface area contributed by atoms with E-state index in [-0.39, 0.29) is 6.04 Å². The highest BCUT2D eigenvalue weighted by Gasteiger charge is 2.46. The summed E-state index contributed by atoms with van der Waals surface area (Å²) >= 11 is 1.90. The van der Waals surface area contributed by atoms with Crippen molar-refractivity contribution in [2.45, 2.75) is 49.8 Å². The second-order valence-corrected chi connectivity index (χ2v) is 8.11. The quantitative estimate of drug-likeness (QED) is 0.639. The van der Waals surface area contributed by atoms with Crippen LogP contribution in [0.2, 0.25) is 0 Å². The molecule has 0 bridgehead atoms. The normalized spacial score (nSPS) is 28.9. The molecule has 9 nitrogen and oxygen atoms in total. The van der Waals surface area contributed by atoms with Crippen LogP contribution >= 0.6 is 11.8 Å². The van der Waals surface area contributed by atoms with Gasteiger partial charge in [0.2, 0.25) is 0 Å². The number of aromatic nitrogens is 4. The van der Waals surface area contributed by atoms with E-state index in [1.165, 1.54) is 17.2 Å². The monoisotopic (exact) mass is 435 g/mol. The van der Waals surface area contributed by atoms with Crippen LogP contribution in [0.3, 0.4) is 0 Å². The number of aliphatic hydroxyl groups is 2. The summed E-state index contributed by atoms with van der Waals surface area (Å²) in [6, 6.07) is 0.263. The van der Waals surface area contributed by atoms with Gasteiger partial charge in [0.25, 0.3) is 0 Å². The van der Waals surface area contributed by atoms with Crippen LogP contribution in [0.25, 0.3) is 11.2 Å². The molecule has 4 heterocycles. The third-order valence-electron chi connectivity index (χ3n) is 4.94. The highest BCUT2D eigenvalue weighted by Crippen LogP contribution is 2.33. The van der Waals surface area contributed by atoms with E-state index < -0.39 is 37.5 Å². The summed E-state index contributed by atoms with van der Waals surface area (Å²) in [6.45, 7) is -0.938. The fourth-order valence-electron chi connectivity index (χ4n) is 3.45. The van der Waals surface area contributed by atoms with Gasteiger partial charge in [-0.2, -0.15) is 11.8 Å². The molecule has 0 aliphatic carbocycles. The smallest absolute Gasteiger partial charge is 0.387 e. The number of rotatable bonds is 5. The van der Waals surface area contributed by atoms with Crippen molar-refractivity contribution < 1.29 is 32.9 Å². The average molecular weight is 435 g/mol. The Morgan fingerprint density at radius 1 is 1.21 bits per heavy atom. The van der Waals surface area contributed by atoms with Crippen LogP contribution in [0, 0.1) is 0 Å². The fraction of sp³-hybridized carbons (Fsp3) is 0.688. The minimum atomic E-state index is -4.86. The zero-order valence-corrected chi connectivity index (χ0v) is 15.9. The zero-order valence-electron chi connectivity index (χ0n) is 15.1. The Hall–Kier alpha value is -1.67. The summed E-state index contributed by atoms with van der Waals surface area (Å²) in [6.07, 6.45) is -5.73. The molecule has 0 aromatic carbocycles. The van der Waals surface area contributed by atoms with Crippen molar-refractivity contribution in [1.29, 1.82) is 0 Å². The van der Waals surface area contributed by atoms with E-state index in [9.17, 15) is 23.4 Å². The van der Waals surface area contributed by atoms with Crippen LogP contribution in [0.15, 0.2) is 12.7 Å². The lowest BCUT2D eigenvalue weighted by molar-refractivity contribution is -0.333. The van der Waals surface area contributed by atoms with Gasteiger partial charge in [-0.1, -0.05) is 0 Å². The predicted molar refractivity (Wildman–Crippen MR) is 97.2 cm³/mol. The highest BCUT2D eigenvalue weighted by molar-refractivity contribution is 7.99. The second kappa shape index (κ2) is 8.22. The Bertz CT molecular complexity index is 848. The third-order valence-corrected chi connectivity index (χ3v) is 5.99. The minimum Gasteiger partial charge on any atom is -0.387 e. The molecule has 4 rings (SSSR count). The van der Waals surface area contributed by atoms with Gasteiger partial charge < -0.3 is 20.3 Å². The van der Waals surface area contributed by atoms with Crippen molar-refractivity contribution in [3.05, 3.63) is 12.7 Å². The first-order valence-corrected chi connectivity index (χ1v) is 10.2. The van der Waals surface area contributed by atoms with Gasteiger partial charge >= 0.3 is 6.36 Å². The Balaban J connectivity index is 1.54. The van der Waals surface area contributed by atoms with Gasteiger partial charge in [-0.25, -0.2) is 15.0 Å². The van der Waals surface area contributed by atoms with Gasteiger partial charge in [0, 0.05) is 6.04 Å². The van der Waals surface area contributed by atoms with Gasteiger partial charge in [-0.05, 0) is 24.3 Å². The minimum absolute atomic E-state index is 0.263. The number of ether oxygens (including phenoxy) is 2. The molecule has 0 saturated carbocycles. The molecule has 0 radical (unpaired) electrons. The summed E-state index contributed by atoms with van der Waals surface area (Å²) in [5.74, 6) is 2.65. The van der Waals surface area contributed by atoms with Crippen LogP contribution in [0.5, 0.6) is 0 Å². The average Bonchev–Trinajstić information content (AvgIpc) is 3.23. The summed E-state index contributed by atoms with van der Waals surface area (Å²) in [4.78, 5) is 12.7. The molecule has 2 saturated heterocycles. The first-order chi connectivity index (χ1) is 13.8. The largest absolute Gasteiger partial charge is 0.522 e. The first-order valence-electron chi connectivity index (χ1n) is 9.07. The molecule has 4 unspecified atom stereocenters. The van der Waals surface area contributed by atoms with Crippen molar-refractivity contribution in [2.75, 3.05) is 23.4 Å². The second-order valence-electron chi connectivity index (χ2n) is 6.88. The van der Waals surface area contributed by atoms with E-state index in [2.05, 4.69) is 25.0 Å². The summed E-state index contributed by atoms with van der Waals surface area (Å²) in [7, 11) is 0. The molecule has 13 heteroatoms. The molecule has 29 heavy (non-hydrogen) atoms. The maximum Gasteiger partial charge on any atom is 0.522 e. The van der Waals surface area contributed by atoms with E-state index >= 15 is 0 Å². The number of alkyl halides is 3. The number of halogens is 3. The van der Waals surface area contributed by atoms with E-state index in [1.807, 2.05) is 11.8 Å². The topological polar surface area (TPSA) is 115 Å². The van der Waals surface area contributed by atoms with Gasteiger partial charge in [-0.3, -0.25) is 9.30 Å². The Labute approximate surface area is 167 Å². The first kappa shape index (κ1) is 20.6. The van der Waals surface area contributed by atoms with E-state index in [0.29, 0.717) is 17.0 Å². The van der Waals surface area contributed by atoms with E-state index in [1.54, 1.807) is 0 Å². The lowest BCUT2D eigenvalue weighted by Crippen LogP contribution is -2.35. The molecular weight excluding hydrogens is 415 g/mol. The number of nitrogens with zero attached hydrogens (tertiary/aromatic N) is 4. The molecule has 2 aliphatic heterocycles. The Morgan fingerprint density at radius 3 is 2.69 bits per heavy atom. The van der Waals surface area contributed by atoms with Gasteiger partial charge in [-0.15, -0.1) is 13.2 Å². The lowest BCUT2D eigenvalue weighted by atomic mass is 10.1. The number of aliphatic hydroxyl groups excluding tert-OH is 2. The van der Waals surface area contributed by atoms with Crippen molar-refractivity contribution in [3.8, 4) is 0 Å². The number of thioether (sulfide) groups is 1. The number of hydrogen-bond acceptors (Lipinski definition) is 9. The van der Waals surface area contributed by atoms with Crippen molar-refractivity contribution in [3.63, 3.8) is 0 Å². The van der Waals surface area contributed by atoms with Crippen LogP contribution in [-0.4, -0.2) is 78.6 Å². The predicted octanol–water partition coefficient (Wildman–Crippen LogP) is 1.29. The van der Waals surface area contributed by atoms with Crippen LogP contribution < -0.4 is 5.32 Å². The molecule has 0 spiro atoms. The van der Waals surface area contributed by atoms with Crippen molar-refractivity contribution in [2.24, 2.45) is 0 Å². The van der Waals surface area contributed by atoms with Gasteiger partial charge in [0.15, 0.2) is 23.2 Å². The number of imidazole rings is 1. The number of anilines is 1. The van der Waals surface area contributed by atoms with Crippen LogP contribution in [0.4, 0.5) is 19.0 Å². The molecule has 3 N–H and O–H groups in total. The maximum atomic E-state index is 12.3. The summed E-state index contributed by atoms with van der Waals surface area (Å²) < 4.78 is 47.4. The van der Waals surface area contributed by atoms with E-state index in [4.69, 9.17) is 4.74 Å². The SMILES string of the molecule is OC1C(COC(F)(F)F)OC(n2cnc3c(NC4CCSCC4)ncnc32)C1O.